The van der Waals surface area contributed by atoms with Crippen molar-refractivity contribution in [1.29, 1.82) is 0 Å². The number of aliphatic hydroxyl groups is 1. The highest BCUT2D eigenvalue weighted by molar-refractivity contribution is 5.57. The first-order valence-electron chi connectivity index (χ1n) is 8.21. The molecule has 0 aliphatic heterocycles. The highest BCUT2D eigenvalue weighted by Crippen LogP contribution is 2.22. The Balaban J connectivity index is 1.58. The molecule has 0 aliphatic rings. The van der Waals surface area contributed by atoms with Crippen LogP contribution in [0.3, 0.4) is 0 Å². The molecular formula is C19H17N5O2. The van der Waals surface area contributed by atoms with Crippen LogP contribution in [0, 0.1) is 6.92 Å². The summed E-state index contributed by atoms with van der Waals surface area (Å²) >= 11 is 0. The molecule has 4 aromatic rings. The van der Waals surface area contributed by atoms with E-state index in [0.717, 1.165) is 16.7 Å². The molecule has 7 nitrogen and oxygen atoms in total. The molecule has 0 spiro atoms. The maximum absolute atomic E-state index is 10.6. The van der Waals surface area contributed by atoms with Gasteiger partial charge in [0.15, 0.2) is 11.6 Å². The maximum Gasteiger partial charge on any atom is 0.258 e. The van der Waals surface area contributed by atoms with Gasteiger partial charge in [0.25, 0.3) is 5.89 Å². The molecule has 0 saturated heterocycles. The lowest BCUT2D eigenvalue weighted by Crippen LogP contribution is -2.11. The number of rotatable bonds is 5. The van der Waals surface area contributed by atoms with Gasteiger partial charge in [0.2, 0.25) is 0 Å². The number of aryl methyl sites for hydroxylation is 1. The minimum absolute atomic E-state index is 0.307. The molecule has 130 valence electrons. The van der Waals surface area contributed by atoms with Crippen LogP contribution < -0.4 is 0 Å². The highest BCUT2D eigenvalue weighted by atomic mass is 16.5. The summed E-state index contributed by atoms with van der Waals surface area (Å²) in [5.41, 5.74) is 2.71. The first kappa shape index (κ1) is 16.2. The van der Waals surface area contributed by atoms with Crippen molar-refractivity contribution in [3.63, 3.8) is 0 Å². The molecule has 0 aliphatic carbocycles. The van der Waals surface area contributed by atoms with Gasteiger partial charge in [0, 0.05) is 5.56 Å². The highest BCUT2D eigenvalue weighted by Gasteiger charge is 2.19. The Morgan fingerprint density at radius 3 is 2.65 bits per heavy atom. The predicted molar refractivity (Wildman–Crippen MR) is 94.1 cm³/mol. The lowest BCUT2D eigenvalue weighted by Gasteiger charge is -2.11. The zero-order valence-electron chi connectivity index (χ0n) is 14.1. The van der Waals surface area contributed by atoms with Gasteiger partial charge < -0.3 is 14.2 Å². The van der Waals surface area contributed by atoms with Gasteiger partial charge in [-0.1, -0.05) is 53.7 Å². The fourth-order valence-electron chi connectivity index (χ4n) is 2.77. The Hall–Kier alpha value is -3.32. The third-order valence-electron chi connectivity index (χ3n) is 4.16. The number of hydrogen-bond acceptors (Lipinski definition) is 6. The summed E-state index contributed by atoms with van der Waals surface area (Å²) in [6.07, 6.45) is 0.673. The molecular weight excluding hydrogens is 330 g/mol. The summed E-state index contributed by atoms with van der Waals surface area (Å²) in [5, 5.41) is 22.6. The Morgan fingerprint density at radius 1 is 1.08 bits per heavy atom. The summed E-state index contributed by atoms with van der Waals surface area (Å²) in [6.45, 7) is 2.30. The largest absolute Gasteiger partial charge is 0.380 e. The zero-order valence-corrected chi connectivity index (χ0v) is 14.1. The minimum atomic E-state index is -0.874. The fourth-order valence-corrected chi connectivity index (χ4v) is 2.77. The normalized spacial score (nSPS) is 12.2. The van der Waals surface area contributed by atoms with Crippen molar-refractivity contribution in [1.82, 2.24) is 24.9 Å². The number of aromatic nitrogens is 5. The van der Waals surface area contributed by atoms with E-state index in [1.807, 2.05) is 61.5 Å². The van der Waals surface area contributed by atoms with Crippen molar-refractivity contribution in [3.8, 4) is 11.5 Å². The molecule has 0 amide bonds. The Morgan fingerprint density at radius 2 is 1.85 bits per heavy atom. The zero-order chi connectivity index (χ0) is 17.9. The molecule has 0 fully saturated rings. The summed E-state index contributed by atoms with van der Waals surface area (Å²) in [6, 6.07) is 17.1. The van der Waals surface area contributed by atoms with E-state index in [-0.39, 0.29) is 0 Å². The minimum Gasteiger partial charge on any atom is -0.380 e. The molecule has 4 rings (SSSR count). The molecule has 0 radical (unpaired) electrons. The van der Waals surface area contributed by atoms with Crippen molar-refractivity contribution in [2.24, 2.45) is 0 Å². The van der Waals surface area contributed by atoms with Gasteiger partial charge >= 0.3 is 0 Å². The summed E-state index contributed by atoms with van der Waals surface area (Å²) in [7, 11) is 0. The molecule has 26 heavy (non-hydrogen) atoms. The van der Waals surface area contributed by atoms with Gasteiger partial charge in [-0.3, -0.25) is 0 Å². The number of aliphatic hydroxyl groups excluding tert-OH is 1. The third kappa shape index (κ3) is 3.12. The van der Waals surface area contributed by atoms with Crippen LogP contribution in [0.1, 0.15) is 28.9 Å². The van der Waals surface area contributed by atoms with Crippen LogP contribution in [0.4, 0.5) is 0 Å². The second-order valence-corrected chi connectivity index (χ2v) is 5.96. The predicted octanol–water partition coefficient (Wildman–Crippen LogP) is 2.77. The van der Waals surface area contributed by atoms with Crippen LogP contribution in [-0.4, -0.2) is 30.0 Å². The van der Waals surface area contributed by atoms with Gasteiger partial charge in [-0.05, 0) is 24.1 Å². The molecule has 2 aromatic carbocycles. The lowest BCUT2D eigenvalue weighted by atomic mass is 10.1. The summed E-state index contributed by atoms with van der Waals surface area (Å²) in [5.74, 6) is 1.39. The van der Waals surface area contributed by atoms with E-state index in [4.69, 9.17) is 4.52 Å². The van der Waals surface area contributed by atoms with Gasteiger partial charge in [-0.2, -0.15) is 4.98 Å². The second-order valence-electron chi connectivity index (χ2n) is 5.96. The van der Waals surface area contributed by atoms with E-state index < -0.39 is 6.10 Å². The van der Waals surface area contributed by atoms with E-state index in [1.165, 1.54) is 0 Å². The first-order chi connectivity index (χ1) is 12.7. The molecule has 2 heterocycles. The summed E-state index contributed by atoms with van der Waals surface area (Å²) in [4.78, 5) is 4.45. The maximum atomic E-state index is 10.6. The van der Waals surface area contributed by atoms with Gasteiger partial charge in [-0.25, -0.2) is 0 Å². The monoisotopic (exact) mass is 347 g/mol. The first-order valence-corrected chi connectivity index (χ1v) is 8.21. The van der Waals surface area contributed by atoms with Crippen LogP contribution >= 0.6 is 0 Å². The Labute approximate surface area is 150 Å². The standard InChI is InChI=1S/C19H17N5O2/c1-13-7-5-6-10-15(13)19-21-16(23-26-19)11-24-12-20-22-18(24)17(25)14-8-3-2-4-9-14/h2-10,12,17,25H,11H2,1H3/t17-/m0/s1. The van der Waals surface area contributed by atoms with Crippen LogP contribution in [0.5, 0.6) is 0 Å². The van der Waals surface area contributed by atoms with Crippen molar-refractivity contribution in [3.05, 3.63) is 83.7 Å². The fraction of sp³-hybridized carbons (Fsp3) is 0.158. The van der Waals surface area contributed by atoms with E-state index in [1.54, 1.807) is 10.9 Å². The SMILES string of the molecule is Cc1ccccc1-c1nc(Cn2cnnc2[C@@H](O)c2ccccc2)no1. The smallest absolute Gasteiger partial charge is 0.258 e. The number of nitrogens with zero attached hydrogens (tertiary/aromatic N) is 5. The molecule has 2 aromatic heterocycles. The molecule has 1 atom stereocenters. The third-order valence-corrected chi connectivity index (χ3v) is 4.16. The average molecular weight is 347 g/mol. The van der Waals surface area contributed by atoms with Crippen molar-refractivity contribution in [2.75, 3.05) is 0 Å². The van der Waals surface area contributed by atoms with E-state index in [9.17, 15) is 5.11 Å². The molecule has 0 bridgehead atoms. The van der Waals surface area contributed by atoms with Gasteiger partial charge in [-0.15, -0.1) is 10.2 Å². The van der Waals surface area contributed by atoms with Crippen molar-refractivity contribution in [2.45, 2.75) is 19.6 Å². The Kier molecular flexibility index (Phi) is 4.28. The van der Waals surface area contributed by atoms with Crippen LogP contribution in [0.15, 0.2) is 65.4 Å². The van der Waals surface area contributed by atoms with Crippen molar-refractivity contribution >= 4 is 0 Å². The van der Waals surface area contributed by atoms with Gasteiger partial charge in [0.05, 0.1) is 6.54 Å². The average Bonchev–Trinajstić information content (AvgIpc) is 3.32. The molecule has 1 N–H and O–H groups in total. The van der Waals surface area contributed by atoms with Gasteiger partial charge in [0.1, 0.15) is 12.4 Å². The van der Waals surface area contributed by atoms with Crippen molar-refractivity contribution < 1.29 is 9.63 Å². The van der Waals surface area contributed by atoms with Crippen LogP contribution in [0.2, 0.25) is 0 Å². The molecule has 7 heteroatoms. The topological polar surface area (TPSA) is 89.9 Å². The lowest BCUT2D eigenvalue weighted by molar-refractivity contribution is 0.204. The van der Waals surface area contributed by atoms with E-state index >= 15 is 0 Å². The number of benzene rings is 2. The quantitative estimate of drug-likeness (QED) is 0.597. The molecule has 0 saturated carbocycles. The second kappa shape index (κ2) is 6.89. The Bertz CT molecular complexity index is 1010. The van der Waals surface area contributed by atoms with E-state index in [2.05, 4.69) is 20.3 Å². The van der Waals surface area contributed by atoms with Crippen LogP contribution in [-0.2, 0) is 6.54 Å². The summed E-state index contributed by atoms with van der Waals surface area (Å²) < 4.78 is 7.10. The van der Waals surface area contributed by atoms with Crippen LogP contribution in [0.25, 0.3) is 11.5 Å². The molecule has 0 unspecified atom stereocenters. The van der Waals surface area contributed by atoms with E-state index in [0.29, 0.717) is 24.1 Å². The number of hydrogen-bond donors (Lipinski definition) is 1.